The van der Waals surface area contributed by atoms with Crippen LogP contribution in [0.4, 0.5) is 0 Å². The van der Waals surface area contributed by atoms with Gasteiger partial charge in [0.05, 0.1) is 11.0 Å². The largest absolute Gasteiger partial charge is 0.330 e. The highest BCUT2D eigenvalue weighted by molar-refractivity contribution is 6.10. The summed E-state index contributed by atoms with van der Waals surface area (Å²) < 4.78 is 1.49. The standard InChI is InChI=1S/C17H14N2O2/c1-11(2)19-15-9-8-13(10-14(15)18-17(19)21)16(20)12-6-4-3-5-7-12/h3-10H,1H2,2H3,(H,18,21). The van der Waals surface area contributed by atoms with Gasteiger partial charge in [-0.3, -0.25) is 9.36 Å². The highest BCUT2D eigenvalue weighted by atomic mass is 16.1. The van der Waals surface area contributed by atoms with Gasteiger partial charge in [0.15, 0.2) is 5.78 Å². The fourth-order valence-electron chi connectivity index (χ4n) is 2.39. The van der Waals surface area contributed by atoms with E-state index in [4.69, 9.17) is 0 Å². The van der Waals surface area contributed by atoms with Crippen molar-refractivity contribution in [3.63, 3.8) is 0 Å². The minimum absolute atomic E-state index is 0.0681. The summed E-state index contributed by atoms with van der Waals surface area (Å²) in [5.41, 5.74) is 2.90. The molecule has 0 fully saturated rings. The molecule has 0 saturated carbocycles. The van der Waals surface area contributed by atoms with Crippen LogP contribution in [0.3, 0.4) is 0 Å². The first-order chi connectivity index (χ1) is 10.1. The quantitative estimate of drug-likeness (QED) is 0.749. The van der Waals surface area contributed by atoms with Crippen molar-refractivity contribution in [1.82, 2.24) is 9.55 Å². The molecule has 1 N–H and O–H groups in total. The number of fused-ring (bicyclic) bond motifs is 1. The fraction of sp³-hybridized carbons (Fsp3) is 0.0588. The molecule has 2 aromatic carbocycles. The number of H-pyrrole nitrogens is 1. The monoisotopic (exact) mass is 278 g/mol. The third kappa shape index (κ3) is 2.21. The average molecular weight is 278 g/mol. The zero-order valence-corrected chi connectivity index (χ0v) is 11.6. The van der Waals surface area contributed by atoms with Crippen LogP contribution in [0.5, 0.6) is 0 Å². The van der Waals surface area contributed by atoms with E-state index < -0.39 is 0 Å². The summed E-state index contributed by atoms with van der Waals surface area (Å²) >= 11 is 0. The van der Waals surface area contributed by atoms with Crippen LogP contribution in [0.25, 0.3) is 16.7 Å². The zero-order chi connectivity index (χ0) is 15.0. The summed E-state index contributed by atoms with van der Waals surface area (Å²) in [6.07, 6.45) is 0. The van der Waals surface area contributed by atoms with Gasteiger partial charge < -0.3 is 4.98 Å². The van der Waals surface area contributed by atoms with E-state index in [2.05, 4.69) is 11.6 Å². The van der Waals surface area contributed by atoms with Gasteiger partial charge in [-0.05, 0) is 25.1 Å². The molecule has 1 heterocycles. The van der Waals surface area contributed by atoms with Gasteiger partial charge in [-0.1, -0.05) is 36.9 Å². The Balaban J connectivity index is 2.13. The van der Waals surface area contributed by atoms with Crippen molar-refractivity contribution in [2.45, 2.75) is 6.92 Å². The van der Waals surface area contributed by atoms with E-state index >= 15 is 0 Å². The number of imidazole rings is 1. The lowest BCUT2D eigenvalue weighted by Gasteiger charge is -2.03. The summed E-state index contributed by atoms with van der Waals surface area (Å²) in [7, 11) is 0. The molecule has 0 atom stereocenters. The highest BCUT2D eigenvalue weighted by Crippen LogP contribution is 2.17. The summed E-state index contributed by atoms with van der Waals surface area (Å²) in [5.74, 6) is -0.0681. The van der Waals surface area contributed by atoms with Crippen molar-refractivity contribution in [1.29, 1.82) is 0 Å². The number of aromatic nitrogens is 2. The second-order valence-electron chi connectivity index (χ2n) is 4.93. The van der Waals surface area contributed by atoms with Gasteiger partial charge in [0, 0.05) is 16.8 Å². The first-order valence-electron chi connectivity index (χ1n) is 6.58. The van der Waals surface area contributed by atoms with E-state index in [1.54, 1.807) is 37.3 Å². The number of hydrogen-bond donors (Lipinski definition) is 1. The Kier molecular flexibility index (Phi) is 3.06. The van der Waals surface area contributed by atoms with Gasteiger partial charge in [0.1, 0.15) is 0 Å². The van der Waals surface area contributed by atoms with Crippen LogP contribution in [-0.4, -0.2) is 15.3 Å². The lowest BCUT2D eigenvalue weighted by Crippen LogP contribution is -2.13. The molecule has 0 amide bonds. The number of allylic oxidation sites excluding steroid dienone is 1. The molecular weight excluding hydrogens is 264 g/mol. The molecule has 0 radical (unpaired) electrons. The molecule has 3 rings (SSSR count). The highest BCUT2D eigenvalue weighted by Gasteiger charge is 2.12. The van der Waals surface area contributed by atoms with E-state index in [0.717, 1.165) is 5.52 Å². The third-order valence-electron chi connectivity index (χ3n) is 3.36. The maximum absolute atomic E-state index is 12.4. The summed E-state index contributed by atoms with van der Waals surface area (Å²) in [4.78, 5) is 27.0. The maximum Gasteiger partial charge on any atom is 0.330 e. The molecule has 0 aliphatic rings. The van der Waals surface area contributed by atoms with E-state index in [1.165, 1.54) is 4.57 Å². The minimum atomic E-state index is -0.248. The van der Waals surface area contributed by atoms with Crippen molar-refractivity contribution >= 4 is 22.5 Å². The van der Waals surface area contributed by atoms with Crippen molar-refractivity contribution in [2.75, 3.05) is 0 Å². The van der Waals surface area contributed by atoms with Gasteiger partial charge in [-0.15, -0.1) is 0 Å². The van der Waals surface area contributed by atoms with E-state index in [9.17, 15) is 9.59 Å². The summed E-state index contributed by atoms with van der Waals surface area (Å²) in [6.45, 7) is 5.55. The van der Waals surface area contributed by atoms with Crippen LogP contribution in [0.15, 0.2) is 59.9 Å². The Morgan fingerprint density at radius 3 is 2.48 bits per heavy atom. The molecular formula is C17H14N2O2. The van der Waals surface area contributed by atoms with Crippen LogP contribution in [-0.2, 0) is 0 Å². The van der Waals surface area contributed by atoms with E-state index in [1.807, 2.05) is 18.2 Å². The number of carbonyl (C=O) groups excluding carboxylic acids is 1. The topological polar surface area (TPSA) is 54.9 Å². The Labute approximate surface area is 121 Å². The number of hydrogen-bond acceptors (Lipinski definition) is 2. The van der Waals surface area contributed by atoms with Crippen LogP contribution in [0.2, 0.25) is 0 Å². The smallest absolute Gasteiger partial charge is 0.305 e. The normalized spacial score (nSPS) is 10.7. The number of carbonyl (C=O) groups is 1. The van der Waals surface area contributed by atoms with Gasteiger partial charge in [-0.25, -0.2) is 4.79 Å². The number of nitrogens with one attached hydrogen (secondary N) is 1. The number of benzene rings is 2. The molecule has 3 aromatic rings. The van der Waals surface area contributed by atoms with Crippen LogP contribution < -0.4 is 5.69 Å². The molecule has 0 spiro atoms. The Bertz CT molecular complexity index is 901. The molecule has 0 aliphatic heterocycles. The Morgan fingerprint density at radius 2 is 1.81 bits per heavy atom. The van der Waals surface area contributed by atoms with Crippen molar-refractivity contribution in [3.05, 3.63) is 76.7 Å². The summed E-state index contributed by atoms with van der Waals surface area (Å²) in [6, 6.07) is 14.2. The SMILES string of the molecule is C=C(C)n1c(=O)[nH]c2cc(C(=O)c3ccccc3)ccc21. The summed E-state index contributed by atoms with van der Waals surface area (Å²) in [5, 5.41) is 0. The lowest BCUT2D eigenvalue weighted by atomic mass is 10.0. The van der Waals surface area contributed by atoms with Crippen LogP contribution in [0, 0.1) is 0 Å². The molecule has 104 valence electrons. The first kappa shape index (κ1) is 13.1. The lowest BCUT2D eigenvalue weighted by molar-refractivity contribution is 0.103. The van der Waals surface area contributed by atoms with Gasteiger partial charge in [-0.2, -0.15) is 0 Å². The average Bonchev–Trinajstić information content (AvgIpc) is 2.82. The second-order valence-corrected chi connectivity index (χ2v) is 4.93. The minimum Gasteiger partial charge on any atom is -0.305 e. The molecule has 0 unspecified atom stereocenters. The first-order valence-corrected chi connectivity index (χ1v) is 6.58. The number of rotatable bonds is 3. The molecule has 0 aliphatic carbocycles. The third-order valence-corrected chi connectivity index (χ3v) is 3.36. The van der Waals surface area contributed by atoms with Gasteiger partial charge >= 0.3 is 5.69 Å². The van der Waals surface area contributed by atoms with Crippen molar-refractivity contribution < 1.29 is 4.79 Å². The van der Waals surface area contributed by atoms with Crippen molar-refractivity contribution in [2.24, 2.45) is 0 Å². The predicted octanol–water partition coefficient (Wildman–Crippen LogP) is 3.05. The number of ketones is 1. The molecule has 1 aromatic heterocycles. The van der Waals surface area contributed by atoms with Crippen LogP contribution in [0.1, 0.15) is 22.8 Å². The molecule has 0 saturated heterocycles. The Hall–Kier alpha value is -2.88. The number of nitrogens with zero attached hydrogens (tertiary/aromatic N) is 1. The van der Waals surface area contributed by atoms with Crippen LogP contribution >= 0.6 is 0 Å². The number of aromatic amines is 1. The maximum atomic E-state index is 12.4. The molecule has 21 heavy (non-hydrogen) atoms. The molecule has 0 bridgehead atoms. The van der Waals surface area contributed by atoms with E-state index in [-0.39, 0.29) is 11.5 Å². The van der Waals surface area contributed by atoms with Gasteiger partial charge in [0.2, 0.25) is 0 Å². The predicted molar refractivity (Wildman–Crippen MR) is 83.4 cm³/mol. The fourth-order valence-corrected chi connectivity index (χ4v) is 2.39. The van der Waals surface area contributed by atoms with Crippen molar-refractivity contribution in [3.8, 4) is 0 Å². The van der Waals surface area contributed by atoms with Gasteiger partial charge in [0.25, 0.3) is 0 Å². The van der Waals surface area contributed by atoms with E-state index in [0.29, 0.717) is 22.3 Å². The zero-order valence-electron chi connectivity index (χ0n) is 11.6. The molecule has 4 heteroatoms. The second kappa shape index (κ2) is 4.90. The molecule has 4 nitrogen and oxygen atoms in total. The Morgan fingerprint density at radius 1 is 1.10 bits per heavy atom.